The van der Waals surface area contributed by atoms with Gasteiger partial charge in [0.25, 0.3) is 0 Å². The Balaban J connectivity index is 2.47. The third kappa shape index (κ3) is 4.84. The third-order valence-corrected chi connectivity index (χ3v) is 3.20. The van der Waals surface area contributed by atoms with Crippen molar-refractivity contribution in [3.05, 3.63) is 0 Å². The summed E-state index contributed by atoms with van der Waals surface area (Å²) in [6, 6.07) is 0.0773. The molecule has 0 aromatic rings. The van der Waals surface area contributed by atoms with E-state index in [2.05, 4.69) is 5.32 Å². The summed E-state index contributed by atoms with van der Waals surface area (Å²) >= 11 is 0. The molecule has 1 aliphatic carbocycles. The molecule has 1 aliphatic rings. The lowest BCUT2D eigenvalue weighted by molar-refractivity contribution is -0.231. The fourth-order valence-corrected chi connectivity index (χ4v) is 2.16. The predicted molar refractivity (Wildman–Crippen MR) is 60.9 cm³/mol. The quantitative estimate of drug-likeness (QED) is 0.812. The molecule has 1 rings (SSSR count). The lowest BCUT2D eigenvalue weighted by atomic mass is 9.92. The van der Waals surface area contributed by atoms with E-state index >= 15 is 0 Å². The summed E-state index contributed by atoms with van der Waals surface area (Å²) in [6.07, 6.45) is -1.58. The monoisotopic (exact) mass is 253 g/mol. The van der Waals surface area contributed by atoms with Gasteiger partial charge in [-0.1, -0.05) is 19.8 Å². The Morgan fingerprint density at radius 3 is 2.53 bits per heavy atom. The van der Waals surface area contributed by atoms with Gasteiger partial charge < -0.3 is 10.1 Å². The molecular weight excluding hydrogens is 231 g/mol. The highest BCUT2D eigenvalue weighted by Gasteiger charge is 2.40. The molecule has 1 N–H and O–H groups in total. The highest BCUT2D eigenvalue weighted by atomic mass is 19.4. The van der Waals surface area contributed by atoms with E-state index in [1.807, 2.05) is 6.92 Å². The van der Waals surface area contributed by atoms with Crippen LogP contribution in [0.4, 0.5) is 13.2 Å². The van der Waals surface area contributed by atoms with Crippen LogP contribution < -0.4 is 5.32 Å². The van der Waals surface area contributed by atoms with Gasteiger partial charge in [-0.3, -0.25) is 0 Å². The highest BCUT2D eigenvalue weighted by molar-refractivity contribution is 4.83. The molecule has 0 saturated heterocycles. The number of nitrogens with one attached hydrogen (secondary N) is 1. The van der Waals surface area contributed by atoms with Gasteiger partial charge in [-0.2, -0.15) is 13.2 Å². The van der Waals surface area contributed by atoms with Crippen LogP contribution in [0.3, 0.4) is 0 Å². The average molecular weight is 253 g/mol. The van der Waals surface area contributed by atoms with Crippen LogP contribution in [0.15, 0.2) is 0 Å². The number of halogens is 3. The molecule has 0 bridgehead atoms. The summed E-state index contributed by atoms with van der Waals surface area (Å²) < 4.78 is 42.5. The third-order valence-electron chi connectivity index (χ3n) is 3.20. The Kier molecular flexibility index (Phi) is 5.73. The van der Waals surface area contributed by atoms with E-state index in [-0.39, 0.29) is 12.1 Å². The van der Waals surface area contributed by atoms with E-state index in [1.54, 1.807) is 0 Å². The topological polar surface area (TPSA) is 21.3 Å². The molecule has 0 heterocycles. The molecular formula is C12H22F3NO. The van der Waals surface area contributed by atoms with Gasteiger partial charge in [0.15, 0.2) is 6.10 Å². The summed E-state index contributed by atoms with van der Waals surface area (Å²) in [5.74, 6) is 0. The van der Waals surface area contributed by atoms with Crippen molar-refractivity contribution in [2.75, 3.05) is 6.54 Å². The summed E-state index contributed by atoms with van der Waals surface area (Å²) in [4.78, 5) is 0. The first kappa shape index (κ1) is 14.8. The van der Waals surface area contributed by atoms with E-state index in [0.717, 1.165) is 45.6 Å². The molecule has 0 aromatic heterocycles. The Hall–Kier alpha value is -0.290. The lowest BCUT2D eigenvalue weighted by Crippen LogP contribution is -2.47. The lowest BCUT2D eigenvalue weighted by Gasteiger charge is -2.34. The van der Waals surface area contributed by atoms with Crippen LogP contribution in [-0.4, -0.2) is 31.0 Å². The van der Waals surface area contributed by atoms with Crippen molar-refractivity contribution in [2.24, 2.45) is 0 Å². The van der Waals surface area contributed by atoms with Gasteiger partial charge in [0, 0.05) is 6.04 Å². The molecule has 3 atom stereocenters. The summed E-state index contributed by atoms with van der Waals surface area (Å²) in [5, 5.41) is 3.29. The molecule has 0 spiro atoms. The normalized spacial score (nSPS) is 28.1. The summed E-state index contributed by atoms with van der Waals surface area (Å²) in [6.45, 7) is 3.97. The van der Waals surface area contributed by atoms with E-state index in [1.165, 1.54) is 0 Å². The van der Waals surface area contributed by atoms with Crippen molar-refractivity contribution >= 4 is 0 Å². The standard InChI is InChI=1S/C12H22F3NO/c1-3-8-16-10-6-4-5-7-11(10)17-9(2)12(13,14)15/h9-11,16H,3-8H2,1-2H3. The van der Waals surface area contributed by atoms with Crippen molar-refractivity contribution < 1.29 is 17.9 Å². The van der Waals surface area contributed by atoms with Crippen LogP contribution in [0.2, 0.25) is 0 Å². The van der Waals surface area contributed by atoms with E-state index in [4.69, 9.17) is 4.74 Å². The second-order valence-electron chi connectivity index (χ2n) is 4.70. The molecule has 3 unspecified atom stereocenters. The van der Waals surface area contributed by atoms with Gasteiger partial charge in [-0.25, -0.2) is 0 Å². The van der Waals surface area contributed by atoms with E-state index in [9.17, 15) is 13.2 Å². The largest absolute Gasteiger partial charge is 0.414 e. The zero-order chi connectivity index (χ0) is 12.9. The molecule has 5 heteroatoms. The Labute approximate surface area is 101 Å². The Morgan fingerprint density at radius 1 is 1.29 bits per heavy atom. The maximum atomic E-state index is 12.4. The van der Waals surface area contributed by atoms with E-state index < -0.39 is 12.3 Å². The number of rotatable bonds is 5. The SMILES string of the molecule is CCCNC1CCCCC1OC(C)C(F)(F)F. The summed E-state index contributed by atoms with van der Waals surface area (Å²) in [5.41, 5.74) is 0. The second-order valence-corrected chi connectivity index (χ2v) is 4.70. The first-order valence-corrected chi connectivity index (χ1v) is 6.40. The van der Waals surface area contributed by atoms with Gasteiger partial charge in [0.2, 0.25) is 0 Å². The molecule has 1 saturated carbocycles. The molecule has 0 radical (unpaired) electrons. The van der Waals surface area contributed by atoms with Crippen LogP contribution in [0, 0.1) is 0 Å². The summed E-state index contributed by atoms with van der Waals surface area (Å²) in [7, 11) is 0. The Morgan fingerprint density at radius 2 is 1.94 bits per heavy atom. The minimum absolute atomic E-state index is 0.0773. The first-order valence-electron chi connectivity index (χ1n) is 6.40. The smallest absolute Gasteiger partial charge is 0.364 e. The van der Waals surface area contributed by atoms with Crippen LogP contribution in [0.1, 0.15) is 46.0 Å². The molecule has 102 valence electrons. The minimum Gasteiger partial charge on any atom is -0.364 e. The number of hydrogen-bond acceptors (Lipinski definition) is 2. The molecule has 2 nitrogen and oxygen atoms in total. The number of hydrogen-bond donors (Lipinski definition) is 1. The van der Waals surface area contributed by atoms with Crippen molar-refractivity contribution in [3.63, 3.8) is 0 Å². The van der Waals surface area contributed by atoms with Crippen LogP contribution in [0.25, 0.3) is 0 Å². The zero-order valence-corrected chi connectivity index (χ0v) is 10.5. The molecule has 0 aromatic carbocycles. The van der Waals surface area contributed by atoms with Gasteiger partial charge in [0.1, 0.15) is 0 Å². The zero-order valence-electron chi connectivity index (χ0n) is 10.5. The highest BCUT2D eigenvalue weighted by Crippen LogP contribution is 2.28. The molecule has 17 heavy (non-hydrogen) atoms. The Bertz CT molecular complexity index is 220. The number of ether oxygens (including phenoxy) is 1. The first-order chi connectivity index (χ1) is 7.95. The molecule has 0 aliphatic heterocycles. The maximum absolute atomic E-state index is 12.4. The van der Waals surface area contributed by atoms with Gasteiger partial charge in [0.05, 0.1) is 6.10 Å². The molecule has 0 amide bonds. The predicted octanol–water partition coefficient (Wildman–Crippen LogP) is 3.26. The van der Waals surface area contributed by atoms with Gasteiger partial charge >= 0.3 is 6.18 Å². The fourth-order valence-electron chi connectivity index (χ4n) is 2.16. The average Bonchev–Trinajstić information content (AvgIpc) is 2.26. The molecule has 1 fully saturated rings. The van der Waals surface area contributed by atoms with Gasteiger partial charge in [-0.15, -0.1) is 0 Å². The maximum Gasteiger partial charge on any atom is 0.414 e. The van der Waals surface area contributed by atoms with E-state index in [0.29, 0.717) is 0 Å². The van der Waals surface area contributed by atoms with Crippen molar-refractivity contribution in [3.8, 4) is 0 Å². The second kappa shape index (κ2) is 6.59. The van der Waals surface area contributed by atoms with Crippen molar-refractivity contribution in [2.45, 2.75) is 70.4 Å². The number of alkyl halides is 3. The van der Waals surface area contributed by atoms with Crippen LogP contribution >= 0.6 is 0 Å². The van der Waals surface area contributed by atoms with Crippen LogP contribution in [0.5, 0.6) is 0 Å². The van der Waals surface area contributed by atoms with Crippen molar-refractivity contribution in [1.29, 1.82) is 0 Å². The van der Waals surface area contributed by atoms with Crippen molar-refractivity contribution in [1.82, 2.24) is 5.32 Å². The van der Waals surface area contributed by atoms with Gasteiger partial charge in [-0.05, 0) is 32.7 Å². The fraction of sp³-hybridized carbons (Fsp3) is 1.00. The van der Waals surface area contributed by atoms with Crippen LogP contribution in [-0.2, 0) is 4.74 Å². The minimum atomic E-state index is -4.26.